The molecule has 1 atom stereocenters. The maximum absolute atomic E-state index is 10.8. The largest absolute Gasteiger partial charge is 0.484 e. The molecule has 1 aromatic rings. The van der Waals surface area contributed by atoms with Gasteiger partial charge in [0.1, 0.15) is 12.7 Å². The van der Waals surface area contributed by atoms with Crippen LogP contribution in [-0.4, -0.2) is 28.6 Å². The molecule has 1 unspecified atom stereocenters. The molecule has 0 aliphatic heterocycles. The molecule has 6 heteroatoms. The number of rotatable bonds is 5. The van der Waals surface area contributed by atoms with Gasteiger partial charge in [-0.1, -0.05) is 12.1 Å². The number of nitrogens with zero attached hydrogens (tertiary/aromatic N) is 1. The lowest BCUT2D eigenvalue weighted by atomic mass is 10.2. The second-order valence-electron chi connectivity index (χ2n) is 3.30. The van der Waals surface area contributed by atoms with Crippen LogP contribution in [0.5, 0.6) is 5.75 Å². The Bertz CT molecular complexity index is 383. The van der Waals surface area contributed by atoms with Gasteiger partial charge < -0.3 is 9.84 Å². The number of para-hydroxylation sites is 1. The third kappa shape index (κ3) is 3.08. The minimum atomic E-state index is -0.832. The molecule has 0 bridgehead atoms. The van der Waals surface area contributed by atoms with Gasteiger partial charge in [0.25, 0.3) is 0 Å². The van der Waals surface area contributed by atoms with Crippen molar-refractivity contribution < 1.29 is 14.8 Å². The van der Waals surface area contributed by atoms with Crippen LogP contribution in [0, 0.1) is 17.0 Å². The van der Waals surface area contributed by atoms with Crippen molar-refractivity contribution in [1.29, 1.82) is 0 Å². The Morgan fingerprint density at radius 3 is 2.88 bits per heavy atom. The average Bonchev–Trinajstić information content (AvgIpc) is 2.25. The van der Waals surface area contributed by atoms with Gasteiger partial charge in [0.15, 0.2) is 5.75 Å². The van der Waals surface area contributed by atoms with Crippen molar-refractivity contribution in [2.24, 2.45) is 0 Å². The van der Waals surface area contributed by atoms with Gasteiger partial charge in [-0.2, -0.15) is 0 Å². The summed E-state index contributed by atoms with van der Waals surface area (Å²) in [6, 6.07) is 4.78. The lowest BCUT2D eigenvalue weighted by Gasteiger charge is -2.10. The summed E-state index contributed by atoms with van der Waals surface area (Å²) < 4.78 is 5.16. The number of hydrogen-bond donors (Lipinski definition) is 1. The molecule has 5 nitrogen and oxygen atoms in total. The predicted molar refractivity (Wildman–Crippen MR) is 60.1 cm³/mol. The highest BCUT2D eigenvalue weighted by Crippen LogP contribution is 2.30. The zero-order valence-corrected chi connectivity index (χ0v) is 9.48. The maximum atomic E-state index is 10.8. The lowest BCUT2D eigenvalue weighted by molar-refractivity contribution is -0.386. The summed E-state index contributed by atoms with van der Waals surface area (Å²) in [7, 11) is 0. The van der Waals surface area contributed by atoms with E-state index in [4.69, 9.17) is 16.3 Å². The first-order chi connectivity index (χ1) is 7.56. The Labute approximate surface area is 97.8 Å². The molecule has 0 spiro atoms. The van der Waals surface area contributed by atoms with Crippen molar-refractivity contribution in [3.8, 4) is 5.75 Å². The Morgan fingerprint density at radius 2 is 2.31 bits per heavy atom. The van der Waals surface area contributed by atoms with Gasteiger partial charge >= 0.3 is 5.69 Å². The third-order valence-corrected chi connectivity index (χ3v) is 2.35. The highest BCUT2D eigenvalue weighted by molar-refractivity contribution is 6.18. The molecular formula is C10H12ClNO4. The van der Waals surface area contributed by atoms with E-state index in [-0.39, 0.29) is 23.9 Å². The van der Waals surface area contributed by atoms with Crippen LogP contribution in [0.15, 0.2) is 18.2 Å². The average molecular weight is 246 g/mol. The van der Waals surface area contributed by atoms with E-state index in [1.165, 1.54) is 6.07 Å². The molecule has 0 saturated heterocycles. The highest BCUT2D eigenvalue weighted by Gasteiger charge is 2.18. The Balaban J connectivity index is 2.87. The second kappa shape index (κ2) is 5.67. The number of aliphatic hydroxyl groups excluding tert-OH is 1. The lowest BCUT2D eigenvalue weighted by Crippen LogP contribution is -2.19. The van der Waals surface area contributed by atoms with E-state index in [0.717, 1.165) is 0 Å². The topological polar surface area (TPSA) is 72.6 Å². The molecular weight excluding hydrogens is 234 g/mol. The number of nitro groups is 1. The summed E-state index contributed by atoms with van der Waals surface area (Å²) in [6.07, 6.45) is -0.832. The monoisotopic (exact) mass is 245 g/mol. The van der Waals surface area contributed by atoms with E-state index in [0.29, 0.717) is 5.56 Å². The van der Waals surface area contributed by atoms with Gasteiger partial charge in [-0.25, -0.2) is 0 Å². The minimum absolute atomic E-state index is 0.0274. The first kappa shape index (κ1) is 12.7. The number of hydrogen-bond acceptors (Lipinski definition) is 4. The fourth-order valence-corrected chi connectivity index (χ4v) is 1.30. The molecule has 0 aromatic heterocycles. The van der Waals surface area contributed by atoms with Crippen LogP contribution in [0.1, 0.15) is 5.56 Å². The zero-order valence-electron chi connectivity index (χ0n) is 8.72. The smallest absolute Gasteiger partial charge is 0.313 e. The molecule has 0 saturated carbocycles. The van der Waals surface area contributed by atoms with E-state index < -0.39 is 11.0 Å². The van der Waals surface area contributed by atoms with E-state index in [1.54, 1.807) is 19.1 Å². The van der Waals surface area contributed by atoms with Crippen molar-refractivity contribution in [3.05, 3.63) is 33.9 Å². The summed E-state index contributed by atoms with van der Waals surface area (Å²) in [5.41, 5.74) is 0.437. The molecule has 1 N–H and O–H groups in total. The number of halogens is 1. The zero-order chi connectivity index (χ0) is 12.1. The summed E-state index contributed by atoms with van der Waals surface area (Å²) in [4.78, 5) is 10.3. The first-order valence-electron chi connectivity index (χ1n) is 4.67. The minimum Gasteiger partial charge on any atom is -0.484 e. The van der Waals surface area contributed by atoms with Crippen LogP contribution in [-0.2, 0) is 0 Å². The number of nitro benzene ring substituents is 1. The van der Waals surface area contributed by atoms with E-state index in [2.05, 4.69) is 0 Å². The van der Waals surface area contributed by atoms with Crippen LogP contribution in [0.25, 0.3) is 0 Å². The second-order valence-corrected chi connectivity index (χ2v) is 3.61. The molecule has 0 amide bonds. The first-order valence-corrected chi connectivity index (χ1v) is 5.20. The van der Waals surface area contributed by atoms with E-state index >= 15 is 0 Å². The van der Waals surface area contributed by atoms with Crippen LogP contribution in [0.2, 0.25) is 0 Å². The molecule has 16 heavy (non-hydrogen) atoms. The number of ether oxygens (including phenoxy) is 1. The third-order valence-electron chi connectivity index (χ3n) is 1.99. The van der Waals surface area contributed by atoms with E-state index in [9.17, 15) is 15.2 Å². The molecule has 1 aromatic carbocycles. The highest BCUT2D eigenvalue weighted by atomic mass is 35.5. The molecule has 0 fully saturated rings. The van der Waals surface area contributed by atoms with Crippen LogP contribution in [0.3, 0.4) is 0 Å². The van der Waals surface area contributed by atoms with Crippen molar-refractivity contribution in [1.82, 2.24) is 0 Å². The number of benzene rings is 1. The predicted octanol–water partition coefficient (Wildman–Crippen LogP) is 1.88. The van der Waals surface area contributed by atoms with Gasteiger partial charge in [-0.15, -0.1) is 11.6 Å². The molecule has 0 radical (unpaired) electrons. The Morgan fingerprint density at radius 1 is 1.62 bits per heavy atom. The number of aryl methyl sites for hydroxylation is 1. The standard InChI is InChI=1S/C10H12ClNO4/c1-7-3-2-4-9(10(7)12(14)15)16-6-8(13)5-11/h2-4,8,13H,5-6H2,1H3. The molecule has 0 heterocycles. The number of aliphatic hydroxyl groups is 1. The van der Waals surface area contributed by atoms with E-state index in [1.807, 2.05) is 0 Å². The van der Waals surface area contributed by atoms with Crippen molar-refractivity contribution in [3.63, 3.8) is 0 Å². The quantitative estimate of drug-likeness (QED) is 0.488. The SMILES string of the molecule is Cc1cccc(OCC(O)CCl)c1[N+](=O)[O-]. The van der Waals surface area contributed by atoms with Crippen LogP contribution in [0.4, 0.5) is 5.69 Å². The maximum Gasteiger partial charge on any atom is 0.313 e. The van der Waals surface area contributed by atoms with Gasteiger partial charge in [0, 0.05) is 5.56 Å². The van der Waals surface area contributed by atoms with Gasteiger partial charge in [0.2, 0.25) is 0 Å². The van der Waals surface area contributed by atoms with Crippen molar-refractivity contribution in [2.75, 3.05) is 12.5 Å². The molecule has 0 aliphatic carbocycles. The Kier molecular flexibility index (Phi) is 4.52. The van der Waals surface area contributed by atoms with Gasteiger partial charge in [0.05, 0.1) is 10.8 Å². The number of alkyl halides is 1. The summed E-state index contributed by atoms with van der Waals surface area (Å²) in [5.74, 6) is 0.175. The van der Waals surface area contributed by atoms with Crippen LogP contribution < -0.4 is 4.74 Å². The summed E-state index contributed by atoms with van der Waals surface area (Å²) in [5, 5.41) is 20.0. The molecule has 0 aliphatic rings. The normalized spacial score (nSPS) is 12.2. The van der Waals surface area contributed by atoms with Gasteiger partial charge in [-0.3, -0.25) is 10.1 Å². The molecule has 1 rings (SSSR count). The fourth-order valence-electron chi connectivity index (χ4n) is 1.21. The van der Waals surface area contributed by atoms with Crippen LogP contribution >= 0.6 is 11.6 Å². The van der Waals surface area contributed by atoms with Crippen molar-refractivity contribution in [2.45, 2.75) is 13.0 Å². The summed E-state index contributed by atoms with van der Waals surface area (Å²) in [6.45, 7) is 1.57. The molecule has 88 valence electrons. The fraction of sp³-hybridized carbons (Fsp3) is 0.400. The summed E-state index contributed by atoms with van der Waals surface area (Å²) >= 11 is 5.39. The Hall–Kier alpha value is -1.33. The van der Waals surface area contributed by atoms with Gasteiger partial charge in [-0.05, 0) is 13.0 Å². The van der Waals surface area contributed by atoms with Crippen molar-refractivity contribution >= 4 is 17.3 Å².